The van der Waals surface area contributed by atoms with Gasteiger partial charge in [-0.1, -0.05) is 11.6 Å². The van der Waals surface area contributed by atoms with Gasteiger partial charge in [0.1, 0.15) is 15.2 Å². The number of aromatic nitrogens is 4. The van der Waals surface area contributed by atoms with Crippen molar-refractivity contribution in [2.75, 3.05) is 0 Å². The molecule has 11 heavy (non-hydrogen) atoms. The molecule has 0 unspecified atom stereocenters. The average Bonchev–Trinajstić information content (AvgIpc) is 2.34. The van der Waals surface area contributed by atoms with Crippen molar-refractivity contribution in [3.63, 3.8) is 0 Å². The Morgan fingerprint density at radius 3 is 3.00 bits per heavy atom. The lowest BCUT2D eigenvalue weighted by atomic mass is 10.4. The van der Waals surface area contributed by atoms with Gasteiger partial charge in [-0.2, -0.15) is 5.10 Å². The molecule has 4 nitrogen and oxygen atoms in total. The van der Waals surface area contributed by atoms with Crippen molar-refractivity contribution in [3.8, 4) is 0 Å². The summed E-state index contributed by atoms with van der Waals surface area (Å²) in [6, 6.07) is 0. The lowest BCUT2D eigenvalue weighted by Crippen LogP contribution is -1.80. The third kappa shape index (κ3) is 1.08. The van der Waals surface area contributed by atoms with Gasteiger partial charge in [0, 0.05) is 0 Å². The van der Waals surface area contributed by atoms with E-state index in [0.717, 1.165) is 9.09 Å². The molecule has 0 amide bonds. The number of rotatable bonds is 0. The first-order valence-corrected chi connectivity index (χ1v) is 4.25. The molecule has 2 aromatic heterocycles. The van der Waals surface area contributed by atoms with E-state index in [-0.39, 0.29) is 0 Å². The highest BCUT2D eigenvalue weighted by Gasteiger charge is 2.07. The molecule has 2 rings (SSSR count). The van der Waals surface area contributed by atoms with E-state index in [1.807, 2.05) is 0 Å². The molecule has 0 atom stereocenters. The summed E-state index contributed by atoms with van der Waals surface area (Å²) < 4.78 is 0.864. The van der Waals surface area contributed by atoms with Crippen LogP contribution in [0.3, 0.4) is 0 Å². The lowest BCUT2D eigenvalue weighted by Gasteiger charge is -1.88. The fraction of sp³-hybridized carbons (Fsp3) is 0. The number of halogens is 2. The molecule has 56 valence electrons. The minimum Gasteiger partial charge on any atom is -0.269 e. The summed E-state index contributed by atoms with van der Waals surface area (Å²) in [6.07, 6.45) is 1.39. The Morgan fingerprint density at radius 2 is 2.27 bits per heavy atom. The number of aromatic amines is 1. The van der Waals surface area contributed by atoms with Gasteiger partial charge in [0.25, 0.3) is 0 Å². The third-order valence-corrected chi connectivity index (χ3v) is 2.33. The highest BCUT2D eigenvalue weighted by molar-refractivity contribution is 14.1. The predicted molar refractivity (Wildman–Crippen MR) is 49.4 cm³/mol. The van der Waals surface area contributed by atoms with E-state index in [1.54, 1.807) is 0 Å². The maximum atomic E-state index is 5.79. The molecule has 0 aromatic carbocycles. The molecule has 0 aliphatic heterocycles. The van der Waals surface area contributed by atoms with Crippen LogP contribution in [-0.2, 0) is 0 Å². The van der Waals surface area contributed by atoms with Crippen LogP contribution in [0.2, 0.25) is 5.15 Å². The maximum Gasteiger partial charge on any atom is 0.186 e. The molecular formula is C5H2ClIN4. The van der Waals surface area contributed by atoms with E-state index in [1.165, 1.54) is 6.33 Å². The Balaban J connectivity index is 2.96. The van der Waals surface area contributed by atoms with Gasteiger partial charge in [0.15, 0.2) is 5.65 Å². The average molecular weight is 280 g/mol. The van der Waals surface area contributed by atoms with Crippen LogP contribution >= 0.6 is 34.2 Å². The normalized spacial score (nSPS) is 10.7. The zero-order valence-corrected chi connectivity index (χ0v) is 8.09. The van der Waals surface area contributed by atoms with Crippen LogP contribution < -0.4 is 0 Å². The van der Waals surface area contributed by atoms with E-state index in [0.29, 0.717) is 10.8 Å². The molecule has 0 aliphatic carbocycles. The SMILES string of the molecule is Clc1ncnc2n[nH]c(I)c12. The van der Waals surface area contributed by atoms with Crippen LogP contribution in [0.5, 0.6) is 0 Å². The maximum absolute atomic E-state index is 5.79. The summed E-state index contributed by atoms with van der Waals surface area (Å²) in [7, 11) is 0. The van der Waals surface area contributed by atoms with Gasteiger partial charge in [-0.25, -0.2) is 9.97 Å². The Kier molecular flexibility index (Phi) is 1.68. The van der Waals surface area contributed by atoms with Crippen LogP contribution in [0, 0.1) is 3.70 Å². The molecule has 0 bridgehead atoms. The Bertz CT molecular complexity index is 398. The van der Waals surface area contributed by atoms with Gasteiger partial charge < -0.3 is 0 Å². The molecule has 0 saturated heterocycles. The Hall–Kier alpha value is -0.430. The standard InChI is InChI=1S/C5H2ClIN4/c6-3-2-4(7)10-11-5(2)9-1-8-3/h1H,(H,8,9,10,11). The molecule has 0 radical (unpaired) electrons. The van der Waals surface area contributed by atoms with E-state index >= 15 is 0 Å². The summed E-state index contributed by atoms with van der Waals surface area (Å²) in [4.78, 5) is 7.75. The van der Waals surface area contributed by atoms with E-state index in [4.69, 9.17) is 11.6 Å². The number of nitrogens with zero attached hydrogens (tertiary/aromatic N) is 3. The molecule has 0 fully saturated rings. The fourth-order valence-electron chi connectivity index (χ4n) is 0.787. The third-order valence-electron chi connectivity index (χ3n) is 1.26. The zero-order valence-electron chi connectivity index (χ0n) is 5.17. The van der Waals surface area contributed by atoms with Gasteiger partial charge >= 0.3 is 0 Å². The molecular weight excluding hydrogens is 278 g/mol. The highest BCUT2D eigenvalue weighted by atomic mass is 127. The molecule has 2 heterocycles. The molecule has 1 N–H and O–H groups in total. The number of H-pyrrole nitrogens is 1. The number of hydrogen-bond acceptors (Lipinski definition) is 3. The van der Waals surface area contributed by atoms with Crippen LogP contribution in [0.1, 0.15) is 0 Å². The molecule has 2 aromatic rings. The molecule has 6 heteroatoms. The van der Waals surface area contributed by atoms with Crippen molar-refractivity contribution < 1.29 is 0 Å². The minimum atomic E-state index is 0.438. The fourth-order valence-corrected chi connectivity index (χ4v) is 1.79. The van der Waals surface area contributed by atoms with Crippen LogP contribution in [0.15, 0.2) is 6.33 Å². The van der Waals surface area contributed by atoms with Gasteiger partial charge in [0.2, 0.25) is 0 Å². The molecule has 0 aliphatic rings. The minimum absolute atomic E-state index is 0.438. The number of hydrogen-bond donors (Lipinski definition) is 1. The quantitative estimate of drug-likeness (QED) is 0.589. The van der Waals surface area contributed by atoms with Crippen molar-refractivity contribution >= 4 is 45.2 Å². The lowest BCUT2D eigenvalue weighted by molar-refractivity contribution is 1.07. The second kappa shape index (κ2) is 2.56. The summed E-state index contributed by atoms with van der Waals surface area (Å²) >= 11 is 7.88. The number of fused-ring (bicyclic) bond motifs is 1. The zero-order chi connectivity index (χ0) is 7.84. The summed E-state index contributed by atoms with van der Waals surface area (Å²) in [5.41, 5.74) is 0.606. The predicted octanol–water partition coefficient (Wildman–Crippen LogP) is 1.61. The van der Waals surface area contributed by atoms with E-state index in [9.17, 15) is 0 Å². The highest BCUT2D eigenvalue weighted by Crippen LogP contribution is 2.21. The van der Waals surface area contributed by atoms with Crippen LogP contribution in [0.25, 0.3) is 11.0 Å². The summed E-state index contributed by atoms with van der Waals surface area (Å²) in [6.45, 7) is 0. The Labute approximate surface area is 80.5 Å². The summed E-state index contributed by atoms with van der Waals surface area (Å²) in [5, 5.41) is 7.90. The largest absolute Gasteiger partial charge is 0.269 e. The smallest absolute Gasteiger partial charge is 0.186 e. The van der Waals surface area contributed by atoms with Crippen molar-refractivity contribution in [2.24, 2.45) is 0 Å². The molecule has 0 saturated carbocycles. The first-order valence-electron chi connectivity index (χ1n) is 2.79. The van der Waals surface area contributed by atoms with Crippen molar-refractivity contribution in [1.29, 1.82) is 0 Å². The first-order chi connectivity index (χ1) is 5.29. The van der Waals surface area contributed by atoms with Gasteiger partial charge in [-0.3, -0.25) is 5.10 Å². The Morgan fingerprint density at radius 1 is 1.45 bits per heavy atom. The summed E-state index contributed by atoms with van der Waals surface area (Å²) in [5.74, 6) is 0. The van der Waals surface area contributed by atoms with Crippen LogP contribution in [-0.4, -0.2) is 20.2 Å². The van der Waals surface area contributed by atoms with Gasteiger partial charge in [0.05, 0.1) is 5.39 Å². The first kappa shape index (κ1) is 7.23. The van der Waals surface area contributed by atoms with Gasteiger partial charge in [-0.15, -0.1) is 0 Å². The second-order valence-corrected chi connectivity index (χ2v) is 3.34. The van der Waals surface area contributed by atoms with Crippen LogP contribution in [0.4, 0.5) is 0 Å². The van der Waals surface area contributed by atoms with Crippen molar-refractivity contribution in [1.82, 2.24) is 20.2 Å². The van der Waals surface area contributed by atoms with Crippen molar-refractivity contribution in [3.05, 3.63) is 15.2 Å². The van der Waals surface area contributed by atoms with Crippen molar-refractivity contribution in [2.45, 2.75) is 0 Å². The van der Waals surface area contributed by atoms with E-state index < -0.39 is 0 Å². The molecule has 0 spiro atoms. The topological polar surface area (TPSA) is 54.5 Å². The second-order valence-electron chi connectivity index (χ2n) is 1.90. The van der Waals surface area contributed by atoms with E-state index in [2.05, 4.69) is 42.8 Å². The van der Waals surface area contributed by atoms with Gasteiger partial charge in [-0.05, 0) is 22.6 Å². The monoisotopic (exact) mass is 280 g/mol. The number of nitrogens with one attached hydrogen (secondary N) is 1.